The van der Waals surface area contributed by atoms with Crippen LogP contribution in [0.1, 0.15) is 30.6 Å². The zero-order valence-corrected chi connectivity index (χ0v) is 10.0. The van der Waals surface area contributed by atoms with Gasteiger partial charge in [-0.2, -0.15) is 0 Å². The second kappa shape index (κ2) is 4.67. The smallest absolute Gasteiger partial charge is 0.123 e. The third-order valence-electron chi connectivity index (χ3n) is 2.91. The highest BCUT2D eigenvalue weighted by Crippen LogP contribution is 2.21. The second-order valence-corrected chi connectivity index (χ2v) is 4.13. The third kappa shape index (κ3) is 2.22. The number of rotatable bonds is 3. The van der Waals surface area contributed by atoms with Crippen molar-refractivity contribution >= 4 is 0 Å². The van der Waals surface area contributed by atoms with E-state index in [1.807, 2.05) is 18.4 Å². The number of hydrogen-bond donors (Lipinski definition) is 1. The highest BCUT2D eigenvalue weighted by Gasteiger charge is 2.12. The van der Waals surface area contributed by atoms with Gasteiger partial charge in [-0.25, -0.2) is 9.37 Å². The highest BCUT2D eigenvalue weighted by atomic mass is 19.1. The Morgan fingerprint density at radius 1 is 1.47 bits per heavy atom. The van der Waals surface area contributed by atoms with Crippen molar-refractivity contribution in [1.29, 1.82) is 0 Å². The molecule has 1 aromatic carbocycles. The van der Waals surface area contributed by atoms with Crippen LogP contribution in [-0.2, 0) is 0 Å². The van der Waals surface area contributed by atoms with E-state index in [1.165, 1.54) is 12.1 Å². The highest BCUT2D eigenvalue weighted by molar-refractivity contribution is 5.42. The quantitative estimate of drug-likeness (QED) is 0.885. The fraction of sp³-hybridized carbons (Fsp3) is 0.308. The van der Waals surface area contributed by atoms with E-state index < -0.39 is 0 Å². The topological polar surface area (TPSA) is 43.8 Å². The third-order valence-corrected chi connectivity index (χ3v) is 2.91. The fourth-order valence-corrected chi connectivity index (χ4v) is 1.88. The Bertz CT molecular complexity index is 519. The summed E-state index contributed by atoms with van der Waals surface area (Å²) >= 11 is 0. The average molecular weight is 233 g/mol. The Morgan fingerprint density at radius 3 is 2.88 bits per heavy atom. The first-order valence-electron chi connectivity index (χ1n) is 5.67. The maximum atomic E-state index is 13.1. The number of nitrogens with zero attached hydrogens (tertiary/aromatic N) is 2. The molecule has 90 valence electrons. The predicted molar refractivity (Wildman–Crippen MR) is 65.5 cm³/mol. The second-order valence-electron chi connectivity index (χ2n) is 4.13. The molecule has 0 aliphatic carbocycles. The summed E-state index contributed by atoms with van der Waals surface area (Å²) in [6, 6.07) is 4.65. The first-order chi connectivity index (χ1) is 8.13. The van der Waals surface area contributed by atoms with Crippen LogP contribution in [0.4, 0.5) is 4.39 Å². The van der Waals surface area contributed by atoms with Crippen LogP contribution < -0.4 is 5.73 Å². The summed E-state index contributed by atoms with van der Waals surface area (Å²) < 4.78 is 15.0. The standard InChI is InChI=1S/C13H16FN3/c1-3-11(15)13-7-16-8-17(13)12-5-4-10(14)6-9(12)2/h4-8,11H,3,15H2,1-2H3/t11-/m1/s1. The minimum atomic E-state index is -0.229. The van der Waals surface area contributed by atoms with E-state index in [0.29, 0.717) is 0 Å². The van der Waals surface area contributed by atoms with Crippen LogP contribution in [0.25, 0.3) is 5.69 Å². The van der Waals surface area contributed by atoms with Crippen molar-refractivity contribution in [3.8, 4) is 5.69 Å². The van der Waals surface area contributed by atoms with Crippen LogP contribution in [-0.4, -0.2) is 9.55 Å². The van der Waals surface area contributed by atoms with Gasteiger partial charge < -0.3 is 10.3 Å². The van der Waals surface area contributed by atoms with Crippen LogP contribution >= 0.6 is 0 Å². The van der Waals surface area contributed by atoms with Crippen molar-refractivity contribution in [2.75, 3.05) is 0 Å². The zero-order chi connectivity index (χ0) is 12.4. The fourth-order valence-electron chi connectivity index (χ4n) is 1.88. The van der Waals surface area contributed by atoms with Gasteiger partial charge in [-0.05, 0) is 37.1 Å². The van der Waals surface area contributed by atoms with Gasteiger partial charge in [0.2, 0.25) is 0 Å². The minimum absolute atomic E-state index is 0.0537. The summed E-state index contributed by atoms with van der Waals surface area (Å²) in [5.41, 5.74) is 8.76. The van der Waals surface area contributed by atoms with E-state index in [4.69, 9.17) is 5.73 Å². The van der Waals surface area contributed by atoms with Crippen LogP contribution in [0, 0.1) is 12.7 Å². The molecule has 0 bridgehead atoms. The van der Waals surface area contributed by atoms with Crippen molar-refractivity contribution in [2.45, 2.75) is 26.3 Å². The molecule has 0 saturated heterocycles. The number of aryl methyl sites for hydroxylation is 1. The molecule has 17 heavy (non-hydrogen) atoms. The predicted octanol–water partition coefficient (Wildman–Crippen LogP) is 2.73. The molecule has 1 aromatic heterocycles. The summed E-state index contributed by atoms with van der Waals surface area (Å²) in [6.45, 7) is 3.90. The molecular weight excluding hydrogens is 217 g/mol. The molecule has 1 heterocycles. The van der Waals surface area contributed by atoms with Gasteiger partial charge in [0.15, 0.2) is 0 Å². The molecule has 0 aliphatic rings. The van der Waals surface area contributed by atoms with Gasteiger partial charge in [0, 0.05) is 11.7 Å². The summed E-state index contributed by atoms with van der Waals surface area (Å²) in [6.07, 6.45) is 4.31. The summed E-state index contributed by atoms with van der Waals surface area (Å²) in [5, 5.41) is 0. The first-order valence-corrected chi connectivity index (χ1v) is 5.67. The lowest BCUT2D eigenvalue weighted by Gasteiger charge is -2.14. The number of benzene rings is 1. The molecule has 0 radical (unpaired) electrons. The molecule has 3 nitrogen and oxygen atoms in total. The van der Waals surface area contributed by atoms with Gasteiger partial charge in [-0.1, -0.05) is 6.92 Å². The van der Waals surface area contributed by atoms with Crippen molar-refractivity contribution in [3.05, 3.63) is 47.8 Å². The first kappa shape index (κ1) is 11.8. The molecule has 1 atom stereocenters. The van der Waals surface area contributed by atoms with E-state index >= 15 is 0 Å². The number of halogens is 1. The lowest BCUT2D eigenvalue weighted by atomic mass is 10.1. The largest absolute Gasteiger partial charge is 0.323 e. The monoisotopic (exact) mass is 233 g/mol. The number of nitrogens with two attached hydrogens (primary N) is 1. The Morgan fingerprint density at radius 2 is 2.24 bits per heavy atom. The summed E-state index contributed by atoms with van der Waals surface area (Å²) in [7, 11) is 0. The number of aromatic nitrogens is 2. The van der Waals surface area contributed by atoms with Crippen LogP contribution in [0.15, 0.2) is 30.7 Å². The molecule has 2 aromatic rings. The van der Waals surface area contributed by atoms with Crippen molar-refractivity contribution < 1.29 is 4.39 Å². The van der Waals surface area contributed by atoms with Crippen molar-refractivity contribution in [3.63, 3.8) is 0 Å². The Balaban J connectivity index is 2.50. The SMILES string of the molecule is CC[C@@H](N)c1cncn1-c1ccc(F)cc1C. The molecule has 0 fully saturated rings. The molecule has 2 N–H and O–H groups in total. The van der Waals surface area contributed by atoms with Gasteiger partial charge in [0.05, 0.1) is 18.2 Å². The van der Waals surface area contributed by atoms with Crippen molar-refractivity contribution in [1.82, 2.24) is 9.55 Å². The normalized spacial score (nSPS) is 12.7. The zero-order valence-electron chi connectivity index (χ0n) is 10.0. The number of hydrogen-bond acceptors (Lipinski definition) is 2. The van der Waals surface area contributed by atoms with Crippen LogP contribution in [0.5, 0.6) is 0 Å². The molecule has 2 rings (SSSR count). The van der Waals surface area contributed by atoms with E-state index in [-0.39, 0.29) is 11.9 Å². The minimum Gasteiger partial charge on any atom is -0.323 e. The molecule has 0 amide bonds. The van der Waals surface area contributed by atoms with Crippen LogP contribution in [0.2, 0.25) is 0 Å². The van der Waals surface area contributed by atoms with Crippen LogP contribution in [0.3, 0.4) is 0 Å². The Kier molecular flexibility index (Phi) is 3.24. The lowest BCUT2D eigenvalue weighted by molar-refractivity contribution is 0.624. The average Bonchev–Trinajstić information content (AvgIpc) is 2.77. The van der Waals surface area contributed by atoms with Gasteiger partial charge in [0.1, 0.15) is 5.82 Å². The summed E-state index contributed by atoms with van der Waals surface area (Å²) in [4.78, 5) is 4.12. The van der Waals surface area contributed by atoms with E-state index in [0.717, 1.165) is 23.4 Å². The Hall–Kier alpha value is -1.68. The molecule has 0 unspecified atom stereocenters. The molecule has 0 spiro atoms. The molecule has 4 heteroatoms. The van der Waals surface area contributed by atoms with Crippen molar-refractivity contribution in [2.24, 2.45) is 5.73 Å². The maximum Gasteiger partial charge on any atom is 0.123 e. The van der Waals surface area contributed by atoms with E-state index in [9.17, 15) is 4.39 Å². The lowest BCUT2D eigenvalue weighted by Crippen LogP contribution is -2.13. The van der Waals surface area contributed by atoms with E-state index in [1.54, 1.807) is 18.6 Å². The Labute approximate surface area is 100 Å². The van der Waals surface area contributed by atoms with Gasteiger partial charge in [-0.3, -0.25) is 0 Å². The maximum absolute atomic E-state index is 13.1. The molecular formula is C13H16FN3. The van der Waals surface area contributed by atoms with Gasteiger partial charge in [0.25, 0.3) is 0 Å². The molecule has 0 aliphatic heterocycles. The summed E-state index contributed by atoms with van der Waals surface area (Å²) in [5.74, 6) is -0.229. The van der Waals surface area contributed by atoms with Gasteiger partial charge in [-0.15, -0.1) is 0 Å². The van der Waals surface area contributed by atoms with E-state index in [2.05, 4.69) is 4.98 Å². The number of imidazole rings is 1. The molecule has 0 saturated carbocycles. The van der Waals surface area contributed by atoms with Gasteiger partial charge >= 0.3 is 0 Å².